The summed E-state index contributed by atoms with van der Waals surface area (Å²) in [6, 6.07) is 19.0. The van der Waals surface area contributed by atoms with E-state index in [9.17, 15) is 9.59 Å². The predicted octanol–water partition coefficient (Wildman–Crippen LogP) is 5.90. The van der Waals surface area contributed by atoms with Crippen molar-refractivity contribution in [3.8, 4) is 0 Å². The van der Waals surface area contributed by atoms with Crippen LogP contribution < -0.4 is 10.6 Å². The van der Waals surface area contributed by atoms with E-state index < -0.39 is 0 Å². The van der Waals surface area contributed by atoms with E-state index in [4.69, 9.17) is 0 Å². The molecule has 0 saturated heterocycles. The molecule has 0 bridgehead atoms. The number of benzene rings is 3. The fraction of sp³-hybridized carbons (Fsp3) is 0.286. The van der Waals surface area contributed by atoms with Crippen molar-refractivity contribution in [3.05, 3.63) is 105 Å². The molecule has 0 heterocycles. The predicted molar refractivity (Wildman–Crippen MR) is 130 cm³/mol. The van der Waals surface area contributed by atoms with Gasteiger partial charge in [-0.2, -0.15) is 0 Å². The van der Waals surface area contributed by atoms with Gasteiger partial charge in [0, 0.05) is 0 Å². The first-order valence-electron chi connectivity index (χ1n) is 11.0. The summed E-state index contributed by atoms with van der Waals surface area (Å²) < 4.78 is 0. The number of hydrogen-bond donors (Lipinski definition) is 2. The Labute approximate surface area is 191 Å². The molecule has 166 valence electrons. The molecule has 3 aromatic carbocycles. The molecule has 2 amide bonds. The SMILES string of the molecule is Cc1ccc([C@H](C)NC(=O)c2ccccc2C(=O)N[C@@H](C)c2ccc(C)cc2C)c(C)c1. The average Bonchev–Trinajstić information content (AvgIpc) is 2.73. The summed E-state index contributed by atoms with van der Waals surface area (Å²) in [5.74, 6) is -0.523. The maximum atomic E-state index is 13.1. The minimum atomic E-state index is -0.262. The number of carbonyl (C=O) groups excluding carboxylic acids is 2. The van der Waals surface area contributed by atoms with Crippen molar-refractivity contribution in [2.45, 2.75) is 53.6 Å². The number of hydrogen-bond acceptors (Lipinski definition) is 2. The van der Waals surface area contributed by atoms with Gasteiger partial charge in [0.2, 0.25) is 0 Å². The van der Waals surface area contributed by atoms with Gasteiger partial charge in [-0.1, -0.05) is 59.7 Å². The van der Waals surface area contributed by atoms with Gasteiger partial charge in [-0.3, -0.25) is 9.59 Å². The van der Waals surface area contributed by atoms with Gasteiger partial charge >= 0.3 is 0 Å². The van der Waals surface area contributed by atoms with Crippen molar-refractivity contribution in [1.29, 1.82) is 0 Å². The lowest BCUT2D eigenvalue weighted by Gasteiger charge is -2.20. The van der Waals surface area contributed by atoms with Crippen molar-refractivity contribution in [1.82, 2.24) is 10.6 Å². The molecule has 3 rings (SSSR count). The summed E-state index contributed by atoms with van der Waals surface area (Å²) in [5.41, 5.74) is 7.50. The van der Waals surface area contributed by atoms with Gasteiger partial charge in [0.15, 0.2) is 0 Å². The van der Waals surface area contributed by atoms with E-state index in [1.807, 2.05) is 65.8 Å². The molecule has 2 N–H and O–H groups in total. The van der Waals surface area contributed by atoms with E-state index in [0.29, 0.717) is 11.1 Å². The van der Waals surface area contributed by atoms with Crippen LogP contribution in [-0.2, 0) is 0 Å². The van der Waals surface area contributed by atoms with Crippen LogP contribution in [0.1, 0.15) is 80.0 Å². The number of aryl methyl sites for hydroxylation is 4. The van der Waals surface area contributed by atoms with E-state index in [1.165, 1.54) is 11.1 Å². The molecule has 0 spiro atoms. The van der Waals surface area contributed by atoms with Crippen molar-refractivity contribution in [2.75, 3.05) is 0 Å². The van der Waals surface area contributed by atoms with E-state index in [1.54, 1.807) is 24.3 Å². The molecule has 0 aromatic heterocycles. The molecule has 0 aliphatic rings. The zero-order chi connectivity index (χ0) is 23.4. The van der Waals surface area contributed by atoms with Crippen molar-refractivity contribution in [2.24, 2.45) is 0 Å². The Morgan fingerprint density at radius 3 is 1.34 bits per heavy atom. The molecule has 0 aliphatic heterocycles. The van der Waals surface area contributed by atoms with Gasteiger partial charge in [-0.15, -0.1) is 0 Å². The normalized spacial score (nSPS) is 12.7. The van der Waals surface area contributed by atoms with Crippen LogP contribution in [0.15, 0.2) is 60.7 Å². The van der Waals surface area contributed by atoms with Gasteiger partial charge in [-0.25, -0.2) is 0 Å². The highest BCUT2D eigenvalue weighted by Crippen LogP contribution is 2.21. The smallest absolute Gasteiger partial charge is 0.252 e. The number of nitrogens with one attached hydrogen (secondary N) is 2. The lowest BCUT2D eigenvalue weighted by Crippen LogP contribution is -2.32. The van der Waals surface area contributed by atoms with Gasteiger partial charge in [0.25, 0.3) is 11.8 Å². The van der Waals surface area contributed by atoms with Crippen molar-refractivity contribution in [3.63, 3.8) is 0 Å². The molecule has 0 aliphatic carbocycles. The zero-order valence-electron chi connectivity index (χ0n) is 19.7. The van der Waals surface area contributed by atoms with Crippen LogP contribution in [0.25, 0.3) is 0 Å². The lowest BCUT2D eigenvalue weighted by molar-refractivity contribution is 0.0905. The van der Waals surface area contributed by atoms with E-state index in [0.717, 1.165) is 22.3 Å². The summed E-state index contributed by atoms with van der Waals surface area (Å²) in [5, 5.41) is 6.10. The number of amides is 2. The van der Waals surface area contributed by atoms with Gasteiger partial charge in [0.1, 0.15) is 0 Å². The fourth-order valence-electron chi connectivity index (χ4n) is 4.21. The molecule has 4 nitrogen and oxygen atoms in total. The third kappa shape index (κ3) is 5.25. The third-order valence-electron chi connectivity index (χ3n) is 5.90. The Kier molecular flexibility index (Phi) is 7.14. The number of rotatable bonds is 6. The summed E-state index contributed by atoms with van der Waals surface area (Å²) in [6.45, 7) is 12.1. The first-order valence-corrected chi connectivity index (χ1v) is 11.0. The van der Waals surface area contributed by atoms with Crippen molar-refractivity contribution < 1.29 is 9.59 Å². The molecule has 2 atom stereocenters. The molecule has 0 unspecified atom stereocenters. The molecule has 32 heavy (non-hydrogen) atoms. The van der Waals surface area contributed by atoms with E-state index in [-0.39, 0.29) is 23.9 Å². The van der Waals surface area contributed by atoms with E-state index >= 15 is 0 Å². The third-order valence-corrected chi connectivity index (χ3v) is 5.90. The lowest BCUT2D eigenvalue weighted by atomic mass is 9.98. The highest BCUT2D eigenvalue weighted by molar-refractivity contribution is 6.07. The summed E-state index contributed by atoms with van der Waals surface area (Å²) >= 11 is 0. The highest BCUT2D eigenvalue weighted by atomic mass is 16.2. The van der Waals surface area contributed by atoms with Crippen LogP contribution in [0.5, 0.6) is 0 Å². The number of carbonyl (C=O) groups is 2. The highest BCUT2D eigenvalue weighted by Gasteiger charge is 2.21. The molecule has 0 fully saturated rings. The quantitative estimate of drug-likeness (QED) is 0.513. The van der Waals surface area contributed by atoms with E-state index in [2.05, 4.69) is 22.8 Å². The second-order valence-corrected chi connectivity index (χ2v) is 8.66. The maximum Gasteiger partial charge on any atom is 0.252 e. The Hall–Kier alpha value is -3.40. The minimum Gasteiger partial charge on any atom is -0.345 e. The van der Waals surface area contributed by atoms with Crippen LogP contribution in [0.3, 0.4) is 0 Å². The Balaban J connectivity index is 1.78. The standard InChI is InChI=1S/C28H32N2O2/c1-17-11-13-23(19(3)15-17)21(5)29-27(31)25-9-7-8-10-26(25)28(32)30-22(6)24-14-12-18(2)16-20(24)4/h7-16,21-22H,1-6H3,(H,29,31)(H,30,32)/t21-,22-/m0/s1. The largest absolute Gasteiger partial charge is 0.345 e. The molecule has 0 saturated carbocycles. The first kappa shape index (κ1) is 23.3. The first-order chi connectivity index (χ1) is 15.2. The van der Waals surface area contributed by atoms with Crippen LogP contribution in [0.2, 0.25) is 0 Å². The zero-order valence-corrected chi connectivity index (χ0v) is 19.7. The van der Waals surface area contributed by atoms with Crippen LogP contribution in [0.4, 0.5) is 0 Å². The van der Waals surface area contributed by atoms with Gasteiger partial charge in [0.05, 0.1) is 23.2 Å². The van der Waals surface area contributed by atoms with Crippen LogP contribution in [0, 0.1) is 27.7 Å². The average molecular weight is 429 g/mol. The summed E-state index contributed by atoms with van der Waals surface area (Å²) in [7, 11) is 0. The molecule has 0 radical (unpaired) electrons. The second kappa shape index (κ2) is 9.82. The minimum absolute atomic E-state index is 0.173. The molecule has 4 heteroatoms. The molecule has 3 aromatic rings. The monoisotopic (exact) mass is 428 g/mol. The van der Waals surface area contributed by atoms with Gasteiger partial charge < -0.3 is 10.6 Å². The van der Waals surface area contributed by atoms with Crippen LogP contribution in [-0.4, -0.2) is 11.8 Å². The van der Waals surface area contributed by atoms with Crippen LogP contribution >= 0.6 is 0 Å². The summed E-state index contributed by atoms with van der Waals surface area (Å²) in [4.78, 5) is 26.2. The fourth-order valence-corrected chi connectivity index (χ4v) is 4.21. The second-order valence-electron chi connectivity index (χ2n) is 8.66. The Bertz CT molecular complexity index is 1060. The topological polar surface area (TPSA) is 58.2 Å². The summed E-state index contributed by atoms with van der Waals surface area (Å²) in [6.07, 6.45) is 0. The Morgan fingerprint density at radius 1 is 0.625 bits per heavy atom. The molecular weight excluding hydrogens is 396 g/mol. The Morgan fingerprint density at radius 2 is 1.00 bits per heavy atom. The maximum absolute atomic E-state index is 13.1. The molecular formula is C28H32N2O2. The van der Waals surface area contributed by atoms with Crippen molar-refractivity contribution >= 4 is 11.8 Å². The van der Waals surface area contributed by atoms with Gasteiger partial charge in [-0.05, 0) is 75.9 Å².